The van der Waals surface area contributed by atoms with E-state index in [9.17, 15) is 4.79 Å². The number of hydrogen-bond donors (Lipinski definition) is 2. The molecule has 1 aromatic carbocycles. The summed E-state index contributed by atoms with van der Waals surface area (Å²) >= 11 is 0. The molecule has 1 unspecified atom stereocenters. The normalized spacial score (nSPS) is 12.9. The first kappa shape index (κ1) is 15.3. The van der Waals surface area contributed by atoms with Crippen LogP contribution in [0.5, 0.6) is 5.75 Å². The number of aliphatic carboxylic acids is 1. The maximum Gasteiger partial charge on any atom is 0.326 e. The Labute approximate surface area is 114 Å². The van der Waals surface area contributed by atoms with Gasteiger partial charge in [-0.05, 0) is 29.5 Å². The third-order valence-electron chi connectivity index (χ3n) is 3.10. The van der Waals surface area contributed by atoms with Crippen molar-refractivity contribution in [2.75, 3.05) is 12.4 Å². The van der Waals surface area contributed by atoms with E-state index in [1.807, 2.05) is 25.1 Å². The molecule has 0 bridgehead atoms. The second-order valence-electron chi connectivity index (χ2n) is 5.61. The maximum atomic E-state index is 11.1. The van der Waals surface area contributed by atoms with Crippen LogP contribution in [0.1, 0.15) is 39.7 Å². The summed E-state index contributed by atoms with van der Waals surface area (Å²) in [4.78, 5) is 11.1. The Kier molecular flexibility index (Phi) is 4.81. The third-order valence-corrected chi connectivity index (χ3v) is 3.10. The van der Waals surface area contributed by atoms with Gasteiger partial charge in [0.05, 0.1) is 12.8 Å². The molecule has 0 fully saturated rings. The Morgan fingerprint density at radius 1 is 1.42 bits per heavy atom. The zero-order valence-corrected chi connectivity index (χ0v) is 12.3. The lowest BCUT2D eigenvalue weighted by Crippen LogP contribution is -2.28. The summed E-state index contributed by atoms with van der Waals surface area (Å²) in [5.74, 6) is -0.196. The summed E-state index contributed by atoms with van der Waals surface area (Å²) in [7, 11) is 1.58. The molecule has 4 heteroatoms. The van der Waals surface area contributed by atoms with E-state index < -0.39 is 12.0 Å². The monoisotopic (exact) mass is 265 g/mol. The highest BCUT2D eigenvalue weighted by Crippen LogP contribution is 2.32. The van der Waals surface area contributed by atoms with Crippen molar-refractivity contribution in [3.05, 3.63) is 23.8 Å². The molecular weight excluding hydrogens is 242 g/mol. The van der Waals surface area contributed by atoms with E-state index in [-0.39, 0.29) is 5.41 Å². The van der Waals surface area contributed by atoms with E-state index in [0.29, 0.717) is 12.2 Å². The van der Waals surface area contributed by atoms with Crippen molar-refractivity contribution in [1.82, 2.24) is 0 Å². The minimum absolute atomic E-state index is 0.00758. The van der Waals surface area contributed by atoms with Crippen LogP contribution in [0.3, 0.4) is 0 Å². The van der Waals surface area contributed by atoms with Crippen molar-refractivity contribution < 1.29 is 14.6 Å². The molecule has 4 nitrogen and oxygen atoms in total. The van der Waals surface area contributed by atoms with E-state index in [1.54, 1.807) is 7.11 Å². The molecule has 19 heavy (non-hydrogen) atoms. The summed E-state index contributed by atoms with van der Waals surface area (Å²) in [5.41, 5.74) is 1.87. The SMILES string of the molecule is CCC(Nc1cc(C(C)(C)C)ccc1OC)C(=O)O. The molecule has 0 aliphatic heterocycles. The van der Waals surface area contributed by atoms with Crippen LogP contribution in [-0.4, -0.2) is 24.2 Å². The molecule has 1 rings (SSSR count). The van der Waals surface area contributed by atoms with Crippen LogP contribution in [0.4, 0.5) is 5.69 Å². The molecule has 0 heterocycles. The predicted octanol–water partition coefficient (Wildman–Crippen LogP) is 3.27. The van der Waals surface area contributed by atoms with Gasteiger partial charge in [-0.3, -0.25) is 0 Å². The third kappa shape index (κ3) is 3.88. The number of nitrogens with one attached hydrogen (secondary N) is 1. The van der Waals surface area contributed by atoms with Gasteiger partial charge in [0.25, 0.3) is 0 Å². The van der Waals surface area contributed by atoms with Crippen LogP contribution in [0.15, 0.2) is 18.2 Å². The van der Waals surface area contributed by atoms with Crippen molar-refractivity contribution in [2.45, 2.75) is 45.6 Å². The summed E-state index contributed by atoms with van der Waals surface area (Å²) in [6, 6.07) is 5.23. The van der Waals surface area contributed by atoms with Crippen molar-refractivity contribution in [3.8, 4) is 5.75 Å². The highest BCUT2D eigenvalue weighted by molar-refractivity contribution is 5.78. The van der Waals surface area contributed by atoms with E-state index in [0.717, 1.165) is 11.3 Å². The molecule has 1 atom stereocenters. The zero-order valence-electron chi connectivity index (χ0n) is 12.3. The second-order valence-corrected chi connectivity index (χ2v) is 5.61. The van der Waals surface area contributed by atoms with Gasteiger partial charge < -0.3 is 15.2 Å². The average molecular weight is 265 g/mol. The minimum Gasteiger partial charge on any atom is -0.495 e. The Balaban J connectivity index is 3.12. The lowest BCUT2D eigenvalue weighted by Gasteiger charge is -2.23. The largest absolute Gasteiger partial charge is 0.495 e. The van der Waals surface area contributed by atoms with Gasteiger partial charge in [0, 0.05) is 0 Å². The lowest BCUT2D eigenvalue weighted by molar-refractivity contribution is -0.137. The van der Waals surface area contributed by atoms with Gasteiger partial charge in [-0.15, -0.1) is 0 Å². The van der Waals surface area contributed by atoms with Gasteiger partial charge in [-0.1, -0.05) is 33.8 Å². The van der Waals surface area contributed by atoms with Gasteiger partial charge in [0.1, 0.15) is 11.8 Å². The van der Waals surface area contributed by atoms with Crippen molar-refractivity contribution in [3.63, 3.8) is 0 Å². The molecule has 0 aliphatic carbocycles. The first-order valence-electron chi connectivity index (χ1n) is 6.47. The topological polar surface area (TPSA) is 58.6 Å². The molecule has 0 radical (unpaired) electrons. The summed E-state index contributed by atoms with van der Waals surface area (Å²) in [5, 5.41) is 12.2. The molecule has 0 spiro atoms. The Hall–Kier alpha value is -1.71. The number of methoxy groups -OCH3 is 1. The van der Waals surface area contributed by atoms with Crippen LogP contribution in [0.2, 0.25) is 0 Å². The lowest BCUT2D eigenvalue weighted by atomic mass is 9.86. The first-order chi connectivity index (χ1) is 8.79. The smallest absolute Gasteiger partial charge is 0.326 e. The van der Waals surface area contributed by atoms with E-state index in [4.69, 9.17) is 9.84 Å². The standard InChI is InChI=1S/C15H23NO3/c1-6-11(14(17)18)16-12-9-10(15(2,3)4)7-8-13(12)19-5/h7-9,11,16H,6H2,1-5H3,(H,17,18). The zero-order chi connectivity index (χ0) is 14.6. The first-order valence-corrected chi connectivity index (χ1v) is 6.47. The Bertz CT molecular complexity index is 449. The molecule has 0 saturated carbocycles. The maximum absolute atomic E-state index is 11.1. The van der Waals surface area contributed by atoms with Crippen LogP contribution >= 0.6 is 0 Å². The van der Waals surface area contributed by atoms with Gasteiger partial charge in [0.2, 0.25) is 0 Å². The van der Waals surface area contributed by atoms with Gasteiger partial charge in [-0.2, -0.15) is 0 Å². The summed E-state index contributed by atoms with van der Waals surface area (Å²) in [6.45, 7) is 8.19. The molecular formula is C15H23NO3. The van der Waals surface area contributed by atoms with Crippen molar-refractivity contribution in [2.24, 2.45) is 0 Å². The molecule has 0 saturated heterocycles. The fourth-order valence-electron chi connectivity index (χ4n) is 1.81. The van der Waals surface area contributed by atoms with Crippen LogP contribution in [-0.2, 0) is 10.2 Å². The van der Waals surface area contributed by atoms with Crippen LogP contribution < -0.4 is 10.1 Å². The number of carboxylic acid groups (broad SMARTS) is 1. The fraction of sp³-hybridized carbons (Fsp3) is 0.533. The molecule has 0 aromatic heterocycles. The number of benzene rings is 1. The van der Waals surface area contributed by atoms with E-state index >= 15 is 0 Å². The molecule has 2 N–H and O–H groups in total. The number of ether oxygens (including phenoxy) is 1. The van der Waals surface area contributed by atoms with Gasteiger partial charge in [0.15, 0.2) is 0 Å². The average Bonchev–Trinajstić information content (AvgIpc) is 2.34. The highest BCUT2D eigenvalue weighted by Gasteiger charge is 2.19. The van der Waals surface area contributed by atoms with Crippen LogP contribution in [0.25, 0.3) is 0 Å². The molecule has 1 aromatic rings. The Morgan fingerprint density at radius 2 is 2.05 bits per heavy atom. The fourth-order valence-corrected chi connectivity index (χ4v) is 1.81. The highest BCUT2D eigenvalue weighted by atomic mass is 16.5. The van der Waals surface area contributed by atoms with Crippen LogP contribution in [0, 0.1) is 0 Å². The predicted molar refractivity (Wildman–Crippen MR) is 77.0 cm³/mol. The number of hydrogen-bond acceptors (Lipinski definition) is 3. The number of rotatable bonds is 5. The number of carboxylic acids is 1. The molecule has 0 amide bonds. The number of anilines is 1. The van der Waals surface area contributed by atoms with Gasteiger partial charge in [-0.25, -0.2) is 4.79 Å². The van der Waals surface area contributed by atoms with Crippen molar-refractivity contribution in [1.29, 1.82) is 0 Å². The molecule has 0 aliphatic rings. The molecule has 106 valence electrons. The second kappa shape index (κ2) is 5.95. The Morgan fingerprint density at radius 3 is 2.47 bits per heavy atom. The van der Waals surface area contributed by atoms with E-state index in [2.05, 4.69) is 26.1 Å². The quantitative estimate of drug-likeness (QED) is 0.858. The van der Waals surface area contributed by atoms with Gasteiger partial charge >= 0.3 is 5.97 Å². The van der Waals surface area contributed by atoms with Crippen molar-refractivity contribution >= 4 is 11.7 Å². The minimum atomic E-state index is -0.856. The summed E-state index contributed by atoms with van der Waals surface area (Å²) in [6.07, 6.45) is 0.512. The van der Waals surface area contributed by atoms with E-state index in [1.165, 1.54) is 0 Å². The number of carbonyl (C=O) groups is 1. The summed E-state index contributed by atoms with van der Waals surface area (Å²) < 4.78 is 5.28.